The Morgan fingerprint density at radius 2 is 1.86 bits per heavy atom. The minimum atomic E-state index is -0.236. The number of benzene rings is 2. The number of nitrogens with one attached hydrogen (secondary N) is 2. The molecule has 2 aromatic rings. The molecule has 2 aromatic carbocycles. The minimum absolute atomic E-state index is 0.133. The molecule has 0 heterocycles. The Kier molecular flexibility index (Phi) is 5.21. The molecule has 0 aromatic heterocycles. The van der Waals surface area contributed by atoms with Gasteiger partial charge in [-0.3, -0.25) is 0 Å². The van der Waals surface area contributed by atoms with Crippen molar-refractivity contribution in [3.05, 3.63) is 71.6 Å². The van der Waals surface area contributed by atoms with E-state index in [-0.39, 0.29) is 11.9 Å². The summed E-state index contributed by atoms with van der Waals surface area (Å²) in [6.07, 6.45) is 0.982. The molecule has 0 aliphatic carbocycles. The number of rotatable bonds is 6. The van der Waals surface area contributed by atoms with E-state index >= 15 is 0 Å². The fraction of sp³-hybridized carbons (Fsp3) is 0.263. The maximum atomic E-state index is 13.0. The molecule has 116 valence electrons. The van der Waals surface area contributed by atoms with Crippen LogP contribution in [0, 0.1) is 5.82 Å². The Labute approximate surface area is 132 Å². The van der Waals surface area contributed by atoms with Crippen molar-refractivity contribution in [3.8, 4) is 0 Å². The third-order valence-corrected chi connectivity index (χ3v) is 3.86. The van der Waals surface area contributed by atoms with Gasteiger partial charge in [0.25, 0.3) is 0 Å². The molecule has 2 nitrogen and oxygen atoms in total. The van der Waals surface area contributed by atoms with Gasteiger partial charge >= 0.3 is 0 Å². The highest BCUT2D eigenvalue weighted by atomic mass is 19.1. The van der Waals surface area contributed by atoms with Crippen molar-refractivity contribution in [3.63, 3.8) is 0 Å². The van der Waals surface area contributed by atoms with E-state index in [9.17, 15) is 4.39 Å². The highest BCUT2D eigenvalue weighted by molar-refractivity contribution is 5.62. The Morgan fingerprint density at radius 3 is 2.45 bits per heavy atom. The van der Waals surface area contributed by atoms with Crippen LogP contribution in [0.5, 0.6) is 0 Å². The first-order valence-corrected chi connectivity index (χ1v) is 7.57. The number of aryl methyl sites for hydroxylation is 1. The van der Waals surface area contributed by atoms with Crippen LogP contribution in [0.2, 0.25) is 0 Å². The van der Waals surface area contributed by atoms with Crippen molar-refractivity contribution in [1.82, 2.24) is 5.32 Å². The molecule has 0 aliphatic rings. The predicted octanol–water partition coefficient (Wildman–Crippen LogP) is 4.75. The molecule has 0 spiro atoms. The Morgan fingerprint density at radius 1 is 1.18 bits per heavy atom. The van der Waals surface area contributed by atoms with E-state index in [0.717, 1.165) is 23.4 Å². The molecule has 0 saturated carbocycles. The van der Waals surface area contributed by atoms with Crippen LogP contribution < -0.4 is 10.6 Å². The first-order valence-electron chi connectivity index (χ1n) is 7.57. The van der Waals surface area contributed by atoms with Crippen LogP contribution in [0.25, 0.3) is 5.70 Å². The van der Waals surface area contributed by atoms with Gasteiger partial charge in [0.05, 0.1) is 0 Å². The van der Waals surface area contributed by atoms with Gasteiger partial charge in [-0.1, -0.05) is 37.8 Å². The average Bonchev–Trinajstić information content (AvgIpc) is 2.54. The van der Waals surface area contributed by atoms with Crippen LogP contribution in [-0.2, 0) is 6.42 Å². The van der Waals surface area contributed by atoms with Gasteiger partial charge in [0.2, 0.25) is 0 Å². The number of hydrogen-bond donors (Lipinski definition) is 2. The summed E-state index contributed by atoms with van der Waals surface area (Å²) in [5.74, 6) is -0.236. The molecule has 1 atom stereocenters. The van der Waals surface area contributed by atoms with Gasteiger partial charge in [-0.15, -0.1) is 0 Å². The zero-order chi connectivity index (χ0) is 16.1. The lowest BCUT2D eigenvalue weighted by Crippen LogP contribution is -2.17. The topological polar surface area (TPSA) is 24.1 Å². The van der Waals surface area contributed by atoms with Gasteiger partial charge in [0.15, 0.2) is 0 Å². The predicted molar refractivity (Wildman–Crippen MR) is 92.4 cm³/mol. The molecular formula is C19H23FN2. The van der Waals surface area contributed by atoms with Gasteiger partial charge < -0.3 is 10.6 Å². The van der Waals surface area contributed by atoms with Gasteiger partial charge in [0, 0.05) is 24.5 Å². The van der Waals surface area contributed by atoms with Crippen LogP contribution >= 0.6 is 0 Å². The van der Waals surface area contributed by atoms with E-state index in [2.05, 4.69) is 49.3 Å². The van der Waals surface area contributed by atoms with Gasteiger partial charge in [-0.05, 0) is 48.2 Å². The van der Waals surface area contributed by atoms with Crippen molar-refractivity contribution in [2.24, 2.45) is 0 Å². The maximum Gasteiger partial charge on any atom is 0.123 e. The summed E-state index contributed by atoms with van der Waals surface area (Å²) in [5, 5.41) is 6.59. The summed E-state index contributed by atoms with van der Waals surface area (Å²) >= 11 is 0. The molecule has 0 fully saturated rings. The second-order valence-electron chi connectivity index (χ2n) is 5.37. The molecule has 22 heavy (non-hydrogen) atoms. The third kappa shape index (κ3) is 3.67. The largest absolute Gasteiger partial charge is 0.388 e. The summed E-state index contributed by atoms with van der Waals surface area (Å²) in [5.41, 5.74) is 5.36. The molecule has 2 rings (SSSR count). The molecule has 0 amide bonds. The zero-order valence-corrected chi connectivity index (χ0v) is 13.4. The first-order chi connectivity index (χ1) is 10.5. The Bertz CT molecular complexity index is 647. The highest BCUT2D eigenvalue weighted by Gasteiger charge is 2.09. The molecule has 2 N–H and O–H groups in total. The molecule has 3 heteroatoms. The quantitative estimate of drug-likeness (QED) is 0.804. The van der Waals surface area contributed by atoms with Crippen molar-refractivity contribution in [2.45, 2.75) is 26.3 Å². The molecular weight excluding hydrogens is 275 g/mol. The Balaban J connectivity index is 2.13. The van der Waals surface area contributed by atoms with Crippen molar-refractivity contribution < 1.29 is 4.39 Å². The Hall–Kier alpha value is -2.29. The van der Waals surface area contributed by atoms with Crippen LogP contribution in [0.1, 0.15) is 36.6 Å². The van der Waals surface area contributed by atoms with Gasteiger partial charge in [-0.25, -0.2) is 4.39 Å². The lowest BCUT2D eigenvalue weighted by Gasteiger charge is -2.19. The summed E-state index contributed by atoms with van der Waals surface area (Å²) in [6, 6.07) is 12.9. The van der Waals surface area contributed by atoms with Gasteiger partial charge in [-0.2, -0.15) is 0 Å². The summed E-state index contributed by atoms with van der Waals surface area (Å²) in [4.78, 5) is 0. The second-order valence-corrected chi connectivity index (χ2v) is 5.37. The third-order valence-electron chi connectivity index (χ3n) is 3.86. The molecule has 0 aliphatic heterocycles. The zero-order valence-electron chi connectivity index (χ0n) is 13.4. The minimum Gasteiger partial charge on any atom is -0.388 e. The fourth-order valence-electron chi connectivity index (χ4n) is 2.50. The first kappa shape index (κ1) is 16.1. The van der Waals surface area contributed by atoms with E-state index in [1.165, 1.54) is 23.3 Å². The van der Waals surface area contributed by atoms with Crippen LogP contribution in [-0.4, -0.2) is 7.05 Å². The van der Waals surface area contributed by atoms with Gasteiger partial charge in [0.1, 0.15) is 5.82 Å². The lowest BCUT2D eigenvalue weighted by molar-refractivity contribution is 0.627. The summed E-state index contributed by atoms with van der Waals surface area (Å²) in [7, 11) is 1.94. The smallest absolute Gasteiger partial charge is 0.123 e. The SMILES string of the molecule is C=C(NC(C)c1ccc(NC)c(CC)c1)c1ccc(F)cc1. The van der Waals surface area contributed by atoms with E-state index < -0.39 is 0 Å². The number of anilines is 1. The molecule has 0 bridgehead atoms. The molecule has 0 saturated heterocycles. The van der Waals surface area contributed by atoms with Crippen molar-refractivity contribution in [2.75, 3.05) is 12.4 Å². The summed E-state index contributed by atoms with van der Waals surface area (Å²) < 4.78 is 13.0. The second kappa shape index (κ2) is 7.12. The van der Waals surface area contributed by atoms with E-state index in [1.807, 2.05) is 7.05 Å². The van der Waals surface area contributed by atoms with Crippen molar-refractivity contribution in [1.29, 1.82) is 0 Å². The van der Waals surface area contributed by atoms with Crippen LogP contribution in [0.15, 0.2) is 49.0 Å². The fourth-order valence-corrected chi connectivity index (χ4v) is 2.50. The van der Waals surface area contributed by atoms with Crippen LogP contribution in [0.4, 0.5) is 10.1 Å². The average molecular weight is 298 g/mol. The highest BCUT2D eigenvalue weighted by Crippen LogP contribution is 2.23. The standard InChI is InChI=1S/C19H23FN2/c1-5-15-12-17(8-11-19(15)21-4)14(3)22-13(2)16-6-9-18(20)10-7-16/h6-12,14,21-22H,2,5H2,1,3-4H3. The number of halogens is 1. The van der Waals surface area contributed by atoms with E-state index in [0.29, 0.717) is 0 Å². The van der Waals surface area contributed by atoms with E-state index in [4.69, 9.17) is 0 Å². The van der Waals surface area contributed by atoms with Crippen LogP contribution in [0.3, 0.4) is 0 Å². The normalized spacial score (nSPS) is 11.8. The monoisotopic (exact) mass is 298 g/mol. The van der Waals surface area contributed by atoms with Crippen molar-refractivity contribution >= 4 is 11.4 Å². The van der Waals surface area contributed by atoms with E-state index in [1.54, 1.807) is 12.1 Å². The lowest BCUT2D eigenvalue weighted by atomic mass is 10.0. The maximum absolute atomic E-state index is 13.0. The molecule has 1 unspecified atom stereocenters. The number of hydrogen-bond acceptors (Lipinski definition) is 2. The molecule has 0 radical (unpaired) electrons. The summed E-state index contributed by atoms with van der Waals surface area (Å²) in [6.45, 7) is 8.30.